The topological polar surface area (TPSA) is 101 Å². The summed E-state index contributed by atoms with van der Waals surface area (Å²) < 4.78 is 7.61. The highest BCUT2D eigenvalue weighted by atomic mass is 16.6. The van der Waals surface area contributed by atoms with Crippen molar-refractivity contribution >= 4 is 17.6 Å². The Morgan fingerprint density at radius 1 is 1.08 bits per heavy atom. The number of carbonyl (C=O) groups is 1. The van der Waals surface area contributed by atoms with Gasteiger partial charge in [-0.1, -0.05) is 30.3 Å². The van der Waals surface area contributed by atoms with E-state index in [4.69, 9.17) is 9.72 Å². The summed E-state index contributed by atoms with van der Waals surface area (Å²) >= 11 is 0. The van der Waals surface area contributed by atoms with Crippen LogP contribution in [0, 0.1) is 0 Å². The van der Waals surface area contributed by atoms with Crippen molar-refractivity contribution in [1.29, 1.82) is 0 Å². The van der Waals surface area contributed by atoms with Crippen LogP contribution in [-0.4, -0.2) is 41.5 Å². The van der Waals surface area contributed by atoms with Gasteiger partial charge in [0.15, 0.2) is 5.65 Å². The maximum Gasteiger partial charge on any atom is 0.416 e. The van der Waals surface area contributed by atoms with Gasteiger partial charge in [-0.3, -0.25) is 15.0 Å². The van der Waals surface area contributed by atoms with E-state index in [9.17, 15) is 4.79 Å². The van der Waals surface area contributed by atoms with Gasteiger partial charge < -0.3 is 4.74 Å². The number of fused-ring (bicyclic) bond motifs is 1. The predicted octanol–water partition coefficient (Wildman–Crippen LogP) is 6.00. The Morgan fingerprint density at radius 3 is 2.55 bits per heavy atom. The van der Waals surface area contributed by atoms with E-state index in [0.717, 1.165) is 46.6 Å². The van der Waals surface area contributed by atoms with Crippen LogP contribution >= 0.6 is 0 Å². The Balaban J connectivity index is 1.44. The molecular formula is C29H29N7O2. The Morgan fingerprint density at radius 2 is 1.89 bits per heavy atom. The van der Waals surface area contributed by atoms with Crippen LogP contribution in [0.15, 0.2) is 73.2 Å². The number of carbonyl (C=O) groups excluding carboxylic acids is 1. The number of aromatic nitrogens is 6. The quantitative estimate of drug-likeness (QED) is 0.302. The van der Waals surface area contributed by atoms with Crippen LogP contribution in [0.5, 0.6) is 0 Å². The molecule has 1 saturated carbocycles. The Bertz CT molecular complexity index is 1570. The minimum Gasteiger partial charge on any atom is -0.443 e. The third-order valence-electron chi connectivity index (χ3n) is 6.42. The van der Waals surface area contributed by atoms with Crippen molar-refractivity contribution in [1.82, 2.24) is 29.8 Å². The van der Waals surface area contributed by atoms with Gasteiger partial charge in [-0.15, -0.1) is 0 Å². The van der Waals surface area contributed by atoms with Crippen molar-refractivity contribution in [2.45, 2.75) is 51.7 Å². The number of rotatable bonds is 6. The zero-order valence-electron chi connectivity index (χ0n) is 21.6. The number of pyridine rings is 1. The highest BCUT2D eigenvalue weighted by Crippen LogP contribution is 2.42. The van der Waals surface area contributed by atoms with Gasteiger partial charge in [0, 0.05) is 29.6 Å². The number of aromatic amines is 1. The van der Waals surface area contributed by atoms with Crippen LogP contribution in [-0.2, 0) is 11.3 Å². The van der Waals surface area contributed by atoms with E-state index in [1.54, 1.807) is 21.8 Å². The fraction of sp³-hybridized carbons (Fsp3) is 0.276. The number of amides is 1. The number of nitrogens with zero attached hydrogens (tertiary/aromatic N) is 6. The highest BCUT2D eigenvalue weighted by Gasteiger charge is 2.31. The Kier molecular flexibility index (Phi) is 5.90. The molecule has 192 valence electrons. The molecule has 5 aromatic rings. The molecule has 4 heterocycles. The summed E-state index contributed by atoms with van der Waals surface area (Å²) in [6.45, 7) is 5.88. The fourth-order valence-electron chi connectivity index (χ4n) is 4.43. The van der Waals surface area contributed by atoms with E-state index < -0.39 is 11.7 Å². The molecule has 0 spiro atoms. The second-order valence-corrected chi connectivity index (χ2v) is 10.6. The molecule has 38 heavy (non-hydrogen) atoms. The van der Waals surface area contributed by atoms with Gasteiger partial charge in [0.2, 0.25) is 0 Å². The van der Waals surface area contributed by atoms with Gasteiger partial charge in [0.1, 0.15) is 11.4 Å². The minimum atomic E-state index is -0.667. The lowest BCUT2D eigenvalue weighted by Gasteiger charge is -2.28. The Hall–Kier alpha value is -4.53. The second-order valence-electron chi connectivity index (χ2n) is 10.6. The van der Waals surface area contributed by atoms with Crippen LogP contribution in [0.4, 0.5) is 10.6 Å². The third kappa shape index (κ3) is 4.87. The highest BCUT2D eigenvalue weighted by molar-refractivity contribution is 5.88. The molecule has 1 aromatic carbocycles. The van der Waals surface area contributed by atoms with Crippen molar-refractivity contribution in [3.8, 4) is 22.6 Å². The molecule has 0 atom stereocenters. The summed E-state index contributed by atoms with van der Waals surface area (Å²) in [5.41, 5.74) is 5.47. The van der Waals surface area contributed by atoms with Gasteiger partial charge in [0.25, 0.3) is 0 Å². The lowest BCUT2D eigenvalue weighted by molar-refractivity contribution is 0.0575. The molecule has 0 saturated heterocycles. The molecular weight excluding hydrogens is 478 g/mol. The molecule has 0 unspecified atom stereocenters. The smallest absolute Gasteiger partial charge is 0.416 e. The molecule has 1 amide bonds. The summed E-state index contributed by atoms with van der Waals surface area (Å²) in [6, 6.07) is 17.6. The summed E-state index contributed by atoms with van der Waals surface area (Å²) in [5, 5.41) is 11.8. The van der Waals surface area contributed by atoms with Crippen LogP contribution in [0.25, 0.3) is 28.3 Å². The van der Waals surface area contributed by atoms with Crippen molar-refractivity contribution < 1.29 is 9.53 Å². The van der Waals surface area contributed by atoms with E-state index in [1.165, 1.54) is 0 Å². The van der Waals surface area contributed by atoms with Gasteiger partial charge in [-0.2, -0.15) is 14.7 Å². The van der Waals surface area contributed by atoms with Gasteiger partial charge in [-0.25, -0.2) is 9.78 Å². The third-order valence-corrected chi connectivity index (χ3v) is 6.42. The molecule has 0 radical (unpaired) electrons. The number of ether oxygens (including phenoxy) is 1. The molecule has 0 bridgehead atoms. The first-order chi connectivity index (χ1) is 18.4. The molecule has 1 aliphatic carbocycles. The standard InChI is InChI=1S/C29H29N7O2/c1-29(2,3)38-28(37)35(18-19-7-9-21(10-8-19)23-6-4-5-14-30-23)26-16-25(24-13-15-31-34-24)33-27-22(20-11-12-20)17-32-36(26)27/h4-10,13-17,20H,11-12,18H2,1-3H3,(H,31,34). The first kappa shape index (κ1) is 23.8. The first-order valence-corrected chi connectivity index (χ1v) is 12.7. The van der Waals surface area contributed by atoms with Crippen molar-refractivity contribution in [3.63, 3.8) is 0 Å². The van der Waals surface area contributed by atoms with Crippen LogP contribution in [0.2, 0.25) is 0 Å². The van der Waals surface area contributed by atoms with E-state index in [2.05, 4.69) is 20.3 Å². The van der Waals surface area contributed by atoms with Crippen molar-refractivity contribution in [2.24, 2.45) is 0 Å². The van der Waals surface area contributed by atoms with Gasteiger partial charge in [0.05, 0.1) is 29.8 Å². The molecule has 9 heteroatoms. The molecule has 6 rings (SSSR count). The number of benzene rings is 1. The second kappa shape index (κ2) is 9.41. The number of H-pyrrole nitrogens is 1. The fourth-order valence-corrected chi connectivity index (χ4v) is 4.43. The zero-order valence-corrected chi connectivity index (χ0v) is 21.6. The average Bonchev–Trinajstić information content (AvgIpc) is 3.41. The lowest BCUT2D eigenvalue weighted by Crippen LogP contribution is -2.37. The van der Waals surface area contributed by atoms with E-state index in [-0.39, 0.29) is 6.54 Å². The molecule has 1 fully saturated rings. The predicted molar refractivity (Wildman–Crippen MR) is 145 cm³/mol. The normalized spacial score (nSPS) is 13.6. The molecule has 4 aromatic heterocycles. The van der Waals surface area contributed by atoms with Crippen molar-refractivity contribution in [2.75, 3.05) is 4.90 Å². The monoisotopic (exact) mass is 507 g/mol. The summed E-state index contributed by atoms with van der Waals surface area (Å²) in [6.07, 6.45) is 7.11. The average molecular weight is 508 g/mol. The van der Waals surface area contributed by atoms with Gasteiger partial charge in [-0.05, 0) is 63.3 Å². The largest absolute Gasteiger partial charge is 0.443 e. The van der Waals surface area contributed by atoms with Crippen LogP contribution in [0.1, 0.15) is 50.7 Å². The number of hydrogen-bond acceptors (Lipinski definition) is 6. The molecule has 1 aliphatic rings. The number of nitrogens with one attached hydrogen (secondary N) is 1. The maximum absolute atomic E-state index is 13.7. The van der Waals surface area contributed by atoms with E-state index in [0.29, 0.717) is 17.4 Å². The maximum atomic E-state index is 13.7. The molecule has 1 N–H and O–H groups in total. The first-order valence-electron chi connectivity index (χ1n) is 12.7. The van der Waals surface area contributed by atoms with E-state index >= 15 is 0 Å². The van der Waals surface area contributed by atoms with Crippen molar-refractivity contribution in [3.05, 3.63) is 84.3 Å². The summed E-state index contributed by atoms with van der Waals surface area (Å²) in [5.74, 6) is 1.02. The summed E-state index contributed by atoms with van der Waals surface area (Å²) in [4.78, 5) is 24.6. The van der Waals surface area contributed by atoms with E-state index in [1.807, 2.05) is 81.6 Å². The van der Waals surface area contributed by atoms with Gasteiger partial charge >= 0.3 is 6.09 Å². The lowest BCUT2D eigenvalue weighted by atomic mass is 10.1. The SMILES string of the molecule is CC(C)(C)OC(=O)N(Cc1ccc(-c2ccccn2)cc1)c1cc(-c2ccn[nH]2)nc2c(C3CC3)cnn12. The van der Waals surface area contributed by atoms with Crippen LogP contribution in [0.3, 0.4) is 0 Å². The van der Waals surface area contributed by atoms with Crippen LogP contribution < -0.4 is 4.90 Å². The summed E-state index contributed by atoms with van der Waals surface area (Å²) in [7, 11) is 0. The molecule has 9 nitrogen and oxygen atoms in total. The zero-order chi connectivity index (χ0) is 26.3. The molecule has 0 aliphatic heterocycles. The number of hydrogen-bond donors (Lipinski definition) is 1. The number of anilines is 1. The Labute approximate surface area is 220 Å². The minimum absolute atomic E-state index is 0.289.